The van der Waals surface area contributed by atoms with Crippen molar-refractivity contribution in [1.29, 1.82) is 0 Å². The minimum atomic E-state index is -4.47. The normalized spacial score (nSPS) is 13.8. The van der Waals surface area contributed by atoms with Crippen LogP contribution in [0.5, 0.6) is 0 Å². The number of aromatic nitrogens is 1. The fourth-order valence-corrected chi connectivity index (χ4v) is 1.80. The molecule has 0 aliphatic carbocycles. The summed E-state index contributed by atoms with van der Waals surface area (Å²) in [6.07, 6.45) is -3.35. The number of hydrogen-bond acceptors (Lipinski definition) is 2. The van der Waals surface area contributed by atoms with Crippen molar-refractivity contribution in [3.8, 4) is 0 Å². The summed E-state index contributed by atoms with van der Waals surface area (Å²) in [7, 11) is 0. The molecule has 5 nitrogen and oxygen atoms in total. The van der Waals surface area contributed by atoms with E-state index >= 15 is 0 Å². The SMILES string of the molecule is CC(C)(C)[C@H](NC(=O)c1cccn1CC(F)(F)F)C(=O)O. The van der Waals surface area contributed by atoms with Crippen molar-refractivity contribution in [2.24, 2.45) is 5.41 Å². The fourth-order valence-electron chi connectivity index (χ4n) is 1.80. The van der Waals surface area contributed by atoms with Crippen LogP contribution in [0.3, 0.4) is 0 Å². The second-order valence-electron chi connectivity index (χ2n) is 5.75. The van der Waals surface area contributed by atoms with Crippen LogP contribution in [-0.2, 0) is 11.3 Å². The van der Waals surface area contributed by atoms with Crippen molar-refractivity contribution in [3.63, 3.8) is 0 Å². The standard InChI is InChI=1S/C13H17F3N2O3/c1-12(2,3)9(11(20)21)17-10(19)8-5-4-6-18(8)7-13(14,15)16/h4-6,9H,7H2,1-3H3,(H,17,19)(H,20,21)/t9-/m1/s1. The highest BCUT2D eigenvalue weighted by Gasteiger charge is 2.34. The van der Waals surface area contributed by atoms with Gasteiger partial charge in [0.15, 0.2) is 0 Å². The predicted molar refractivity (Wildman–Crippen MR) is 68.8 cm³/mol. The van der Waals surface area contributed by atoms with Gasteiger partial charge >= 0.3 is 12.1 Å². The zero-order valence-electron chi connectivity index (χ0n) is 11.9. The first-order valence-corrected chi connectivity index (χ1v) is 6.17. The van der Waals surface area contributed by atoms with Gasteiger partial charge in [-0.1, -0.05) is 20.8 Å². The van der Waals surface area contributed by atoms with Gasteiger partial charge in [-0.15, -0.1) is 0 Å². The molecule has 1 aromatic rings. The molecule has 8 heteroatoms. The lowest BCUT2D eigenvalue weighted by Gasteiger charge is -2.27. The lowest BCUT2D eigenvalue weighted by atomic mass is 9.86. The van der Waals surface area contributed by atoms with Crippen LogP contribution in [-0.4, -0.2) is 33.8 Å². The van der Waals surface area contributed by atoms with E-state index in [1.54, 1.807) is 20.8 Å². The van der Waals surface area contributed by atoms with Gasteiger partial charge in [0, 0.05) is 6.20 Å². The van der Waals surface area contributed by atoms with Gasteiger partial charge in [-0.25, -0.2) is 4.79 Å². The van der Waals surface area contributed by atoms with Crippen LogP contribution in [0.2, 0.25) is 0 Å². The summed E-state index contributed by atoms with van der Waals surface area (Å²) in [6, 6.07) is 1.30. The van der Waals surface area contributed by atoms with E-state index in [-0.39, 0.29) is 5.69 Å². The van der Waals surface area contributed by atoms with E-state index in [0.29, 0.717) is 0 Å². The molecule has 0 aliphatic heterocycles. The lowest BCUT2D eigenvalue weighted by Crippen LogP contribution is -2.49. The molecule has 1 amide bonds. The summed E-state index contributed by atoms with van der Waals surface area (Å²) in [4.78, 5) is 23.2. The third-order valence-corrected chi connectivity index (χ3v) is 2.80. The Morgan fingerprint density at radius 3 is 2.33 bits per heavy atom. The maximum absolute atomic E-state index is 12.4. The monoisotopic (exact) mass is 306 g/mol. The van der Waals surface area contributed by atoms with E-state index in [4.69, 9.17) is 5.11 Å². The Hall–Kier alpha value is -1.99. The molecule has 0 saturated heterocycles. The molecule has 21 heavy (non-hydrogen) atoms. The molecule has 0 saturated carbocycles. The van der Waals surface area contributed by atoms with E-state index in [2.05, 4.69) is 5.32 Å². The Kier molecular flexibility index (Phi) is 4.70. The van der Waals surface area contributed by atoms with Crippen LogP contribution < -0.4 is 5.32 Å². The molecule has 1 aromatic heterocycles. The average molecular weight is 306 g/mol. The molecule has 0 aromatic carbocycles. The number of hydrogen-bond donors (Lipinski definition) is 2. The maximum Gasteiger partial charge on any atom is 0.406 e. The van der Waals surface area contributed by atoms with Crippen LogP contribution in [0, 0.1) is 5.41 Å². The number of carboxylic acid groups (broad SMARTS) is 1. The Balaban J connectivity index is 2.95. The first kappa shape index (κ1) is 17.1. The van der Waals surface area contributed by atoms with E-state index in [9.17, 15) is 22.8 Å². The fraction of sp³-hybridized carbons (Fsp3) is 0.538. The van der Waals surface area contributed by atoms with E-state index in [1.165, 1.54) is 12.1 Å². The first-order valence-electron chi connectivity index (χ1n) is 6.17. The number of nitrogens with one attached hydrogen (secondary N) is 1. The van der Waals surface area contributed by atoms with Crippen LogP contribution in [0.4, 0.5) is 13.2 Å². The summed E-state index contributed by atoms with van der Waals surface area (Å²) < 4.78 is 37.9. The Bertz CT molecular complexity index is 529. The molecule has 0 unspecified atom stereocenters. The molecule has 1 heterocycles. The summed E-state index contributed by atoms with van der Waals surface area (Å²) in [5, 5.41) is 11.4. The second-order valence-corrected chi connectivity index (χ2v) is 5.75. The quantitative estimate of drug-likeness (QED) is 0.896. The van der Waals surface area contributed by atoms with Crippen LogP contribution in [0.25, 0.3) is 0 Å². The Morgan fingerprint density at radius 1 is 1.33 bits per heavy atom. The Morgan fingerprint density at radius 2 is 1.90 bits per heavy atom. The average Bonchev–Trinajstić information content (AvgIpc) is 2.68. The third kappa shape index (κ3) is 4.80. The van der Waals surface area contributed by atoms with Crippen molar-refractivity contribution in [3.05, 3.63) is 24.0 Å². The van der Waals surface area contributed by atoms with Crippen molar-refractivity contribution in [2.75, 3.05) is 0 Å². The van der Waals surface area contributed by atoms with Gasteiger partial charge in [0.1, 0.15) is 18.3 Å². The lowest BCUT2D eigenvalue weighted by molar-refractivity contribution is -0.142. The summed E-state index contributed by atoms with van der Waals surface area (Å²) >= 11 is 0. The van der Waals surface area contributed by atoms with Crippen molar-refractivity contribution >= 4 is 11.9 Å². The molecule has 0 aliphatic rings. The maximum atomic E-state index is 12.4. The zero-order chi connectivity index (χ0) is 16.4. The molecule has 0 bridgehead atoms. The molecule has 1 atom stereocenters. The smallest absolute Gasteiger partial charge is 0.406 e. The second kappa shape index (κ2) is 5.79. The van der Waals surface area contributed by atoms with Crippen molar-refractivity contribution in [2.45, 2.75) is 39.5 Å². The minimum Gasteiger partial charge on any atom is -0.480 e. The van der Waals surface area contributed by atoms with Gasteiger partial charge < -0.3 is 15.0 Å². The minimum absolute atomic E-state index is 0.233. The molecule has 1 rings (SSSR count). The number of carboxylic acids is 1. The molecule has 118 valence electrons. The number of aliphatic carboxylic acids is 1. The van der Waals surface area contributed by atoms with Gasteiger partial charge in [0.2, 0.25) is 0 Å². The number of rotatable bonds is 4. The van der Waals surface area contributed by atoms with Gasteiger partial charge in [-0.2, -0.15) is 13.2 Å². The van der Waals surface area contributed by atoms with E-state index in [0.717, 1.165) is 10.8 Å². The molecule has 0 spiro atoms. The highest BCUT2D eigenvalue weighted by molar-refractivity contribution is 5.95. The molecular formula is C13H17F3N2O3. The molecule has 0 radical (unpaired) electrons. The third-order valence-electron chi connectivity index (χ3n) is 2.80. The van der Waals surface area contributed by atoms with Gasteiger partial charge in [-0.3, -0.25) is 4.79 Å². The topological polar surface area (TPSA) is 71.3 Å². The van der Waals surface area contributed by atoms with Crippen LogP contribution >= 0.6 is 0 Å². The number of nitrogens with zero attached hydrogens (tertiary/aromatic N) is 1. The predicted octanol–water partition coefficient (Wildman–Crippen LogP) is 2.28. The summed E-state index contributed by atoms with van der Waals surface area (Å²) in [5.74, 6) is -2.10. The van der Waals surface area contributed by atoms with Crippen LogP contribution in [0.1, 0.15) is 31.3 Å². The summed E-state index contributed by atoms with van der Waals surface area (Å²) in [5.41, 5.74) is -1.01. The number of halogens is 3. The number of alkyl halides is 3. The largest absolute Gasteiger partial charge is 0.480 e. The zero-order valence-corrected chi connectivity index (χ0v) is 11.9. The Labute approximate surface area is 119 Å². The first-order chi connectivity index (χ1) is 9.42. The van der Waals surface area contributed by atoms with E-state index < -0.39 is 36.1 Å². The highest BCUT2D eigenvalue weighted by atomic mass is 19.4. The van der Waals surface area contributed by atoms with Crippen molar-refractivity contribution < 1.29 is 27.9 Å². The highest BCUT2D eigenvalue weighted by Crippen LogP contribution is 2.21. The van der Waals surface area contributed by atoms with Gasteiger partial charge in [0.25, 0.3) is 5.91 Å². The number of amides is 1. The van der Waals surface area contributed by atoms with Crippen molar-refractivity contribution in [1.82, 2.24) is 9.88 Å². The number of carbonyl (C=O) groups excluding carboxylic acids is 1. The van der Waals surface area contributed by atoms with Crippen LogP contribution in [0.15, 0.2) is 18.3 Å². The molecular weight excluding hydrogens is 289 g/mol. The van der Waals surface area contributed by atoms with Gasteiger partial charge in [0.05, 0.1) is 0 Å². The summed E-state index contributed by atoms with van der Waals surface area (Å²) in [6.45, 7) is 3.53. The van der Waals surface area contributed by atoms with Gasteiger partial charge in [-0.05, 0) is 17.5 Å². The number of carbonyl (C=O) groups is 2. The molecule has 2 N–H and O–H groups in total. The molecule has 0 fully saturated rings. The van der Waals surface area contributed by atoms with E-state index in [1.807, 2.05) is 0 Å².